The smallest absolute Gasteiger partial charge is 0.128 e. The molecule has 2 rings (SSSR count). The molecule has 2 heterocycles. The monoisotopic (exact) mass is 263 g/mol. The van der Waals surface area contributed by atoms with Crippen LogP contribution in [0.3, 0.4) is 0 Å². The van der Waals surface area contributed by atoms with E-state index in [4.69, 9.17) is 0 Å². The number of aliphatic hydroxyl groups is 1. The lowest BCUT2D eigenvalue weighted by molar-refractivity contribution is 0.145. The second kappa shape index (κ2) is 6.87. The first-order chi connectivity index (χ1) is 9.20. The molecule has 1 aliphatic rings. The number of aromatic nitrogens is 1. The van der Waals surface area contributed by atoms with E-state index in [-0.39, 0.29) is 6.10 Å². The van der Waals surface area contributed by atoms with Crippen LogP contribution in [0.2, 0.25) is 0 Å². The quantitative estimate of drug-likeness (QED) is 0.854. The number of pyridine rings is 1. The van der Waals surface area contributed by atoms with Gasteiger partial charge < -0.3 is 15.3 Å². The van der Waals surface area contributed by atoms with Gasteiger partial charge in [-0.3, -0.25) is 0 Å². The lowest BCUT2D eigenvalue weighted by atomic mass is 10.1. The number of nitrogens with zero attached hydrogens (tertiary/aromatic N) is 2. The first-order valence-corrected chi connectivity index (χ1v) is 7.33. The Balaban J connectivity index is 1.94. The standard InChI is InChI=1S/C15H25N3O/c1-3-8-16-12(2)13-4-5-15(17-11-13)18-9-6-14(19)7-10-18/h4-5,11-12,14,16,19H,3,6-10H2,1-2H3. The number of hydrogen-bond acceptors (Lipinski definition) is 4. The highest BCUT2D eigenvalue weighted by molar-refractivity contribution is 5.40. The van der Waals surface area contributed by atoms with E-state index in [9.17, 15) is 5.11 Å². The van der Waals surface area contributed by atoms with Crippen LogP contribution in [0.15, 0.2) is 18.3 Å². The van der Waals surface area contributed by atoms with E-state index in [1.807, 2.05) is 6.20 Å². The van der Waals surface area contributed by atoms with E-state index in [0.29, 0.717) is 6.04 Å². The maximum atomic E-state index is 9.52. The molecule has 1 atom stereocenters. The van der Waals surface area contributed by atoms with Gasteiger partial charge in [-0.25, -0.2) is 4.98 Å². The fourth-order valence-corrected chi connectivity index (χ4v) is 2.41. The molecule has 0 aromatic carbocycles. The third-order valence-electron chi connectivity index (χ3n) is 3.76. The summed E-state index contributed by atoms with van der Waals surface area (Å²) in [7, 11) is 0. The van der Waals surface area contributed by atoms with E-state index in [1.165, 1.54) is 5.56 Å². The van der Waals surface area contributed by atoms with Crippen LogP contribution in [-0.2, 0) is 0 Å². The molecule has 106 valence electrons. The number of anilines is 1. The number of nitrogens with one attached hydrogen (secondary N) is 1. The van der Waals surface area contributed by atoms with Gasteiger partial charge in [-0.15, -0.1) is 0 Å². The lowest BCUT2D eigenvalue weighted by Gasteiger charge is -2.30. The normalized spacial score (nSPS) is 18.6. The van der Waals surface area contributed by atoms with Crippen molar-refractivity contribution in [2.24, 2.45) is 0 Å². The Morgan fingerprint density at radius 3 is 2.74 bits per heavy atom. The van der Waals surface area contributed by atoms with Gasteiger partial charge in [0.05, 0.1) is 6.10 Å². The topological polar surface area (TPSA) is 48.4 Å². The van der Waals surface area contributed by atoms with Crippen molar-refractivity contribution >= 4 is 5.82 Å². The predicted molar refractivity (Wildman–Crippen MR) is 78.4 cm³/mol. The molecule has 1 aliphatic heterocycles. The van der Waals surface area contributed by atoms with Gasteiger partial charge in [-0.1, -0.05) is 13.0 Å². The fraction of sp³-hybridized carbons (Fsp3) is 0.667. The Bertz CT molecular complexity index is 371. The van der Waals surface area contributed by atoms with E-state index in [2.05, 4.69) is 41.2 Å². The van der Waals surface area contributed by atoms with Crippen molar-refractivity contribution in [1.29, 1.82) is 0 Å². The highest BCUT2D eigenvalue weighted by atomic mass is 16.3. The van der Waals surface area contributed by atoms with E-state index in [1.54, 1.807) is 0 Å². The molecule has 0 amide bonds. The number of hydrogen-bond donors (Lipinski definition) is 2. The maximum absolute atomic E-state index is 9.52. The SMILES string of the molecule is CCCNC(C)c1ccc(N2CCC(O)CC2)nc1. The lowest BCUT2D eigenvalue weighted by Crippen LogP contribution is -2.36. The van der Waals surface area contributed by atoms with Crippen LogP contribution in [0.1, 0.15) is 44.7 Å². The molecule has 1 fully saturated rings. The molecule has 0 radical (unpaired) electrons. The third kappa shape index (κ3) is 3.91. The van der Waals surface area contributed by atoms with Crippen molar-refractivity contribution in [3.8, 4) is 0 Å². The zero-order valence-electron chi connectivity index (χ0n) is 12.0. The van der Waals surface area contributed by atoms with Crippen molar-refractivity contribution in [3.05, 3.63) is 23.9 Å². The third-order valence-corrected chi connectivity index (χ3v) is 3.76. The summed E-state index contributed by atoms with van der Waals surface area (Å²) in [6.07, 6.45) is 4.67. The first kappa shape index (κ1) is 14.3. The Morgan fingerprint density at radius 1 is 1.42 bits per heavy atom. The van der Waals surface area contributed by atoms with E-state index in [0.717, 1.165) is 44.7 Å². The Labute approximate surface area is 115 Å². The van der Waals surface area contributed by atoms with Crippen molar-refractivity contribution < 1.29 is 5.11 Å². The van der Waals surface area contributed by atoms with Crippen LogP contribution in [0, 0.1) is 0 Å². The largest absolute Gasteiger partial charge is 0.393 e. The summed E-state index contributed by atoms with van der Waals surface area (Å²) in [6, 6.07) is 4.60. The fourth-order valence-electron chi connectivity index (χ4n) is 2.41. The van der Waals surface area contributed by atoms with Crippen molar-refractivity contribution in [2.75, 3.05) is 24.5 Å². The molecule has 1 saturated heterocycles. The van der Waals surface area contributed by atoms with Crippen LogP contribution in [0.4, 0.5) is 5.82 Å². The minimum absolute atomic E-state index is 0.131. The second-order valence-electron chi connectivity index (χ2n) is 5.34. The number of aliphatic hydroxyl groups excluding tert-OH is 1. The molecule has 0 aliphatic carbocycles. The van der Waals surface area contributed by atoms with Crippen molar-refractivity contribution in [1.82, 2.24) is 10.3 Å². The highest BCUT2D eigenvalue weighted by Crippen LogP contribution is 2.19. The van der Waals surface area contributed by atoms with Gasteiger partial charge in [0, 0.05) is 25.3 Å². The minimum atomic E-state index is -0.131. The first-order valence-electron chi connectivity index (χ1n) is 7.33. The molecule has 1 aromatic rings. The van der Waals surface area contributed by atoms with Crippen LogP contribution in [-0.4, -0.2) is 35.8 Å². The summed E-state index contributed by atoms with van der Waals surface area (Å²) in [5.41, 5.74) is 1.23. The summed E-state index contributed by atoms with van der Waals surface area (Å²) in [6.45, 7) is 7.18. The predicted octanol–water partition coefficient (Wildman–Crippen LogP) is 2.10. The van der Waals surface area contributed by atoms with Gasteiger partial charge in [-0.05, 0) is 44.4 Å². The van der Waals surface area contributed by atoms with Gasteiger partial charge in [0.15, 0.2) is 0 Å². The van der Waals surface area contributed by atoms with Gasteiger partial charge in [0.1, 0.15) is 5.82 Å². The van der Waals surface area contributed by atoms with Crippen LogP contribution in [0.25, 0.3) is 0 Å². The molecule has 0 spiro atoms. The van der Waals surface area contributed by atoms with Crippen LogP contribution >= 0.6 is 0 Å². The molecule has 4 heteroatoms. The zero-order valence-corrected chi connectivity index (χ0v) is 12.0. The number of rotatable bonds is 5. The average Bonchev–Trinajstić information content (AvgIpc) is 2.46. The summed E-state index contributed by atoms with van der Waals surface area (Å²) in [5, 5.41) is 13.0. The van der Waals surface area contributed by atoms with Gasteiger partial charge in [0.25, 0.3) is 0 Å². The van der Waals surface area contributed by atoms with Gasteiger partial charge in [-0.2, -0.15) is 0 Å². The molecule has 1 aromatic heterocycles. The van der Waals surface area contributed by atoms with Crippen LogP contribution < -0.4 is 10.2 Å². The minimum Gasteiger partial charge on any atom is -0.393 e. The Kier molecular flexibility index (Phi) is 5.16. The Morgan fingerprint density at radius 2 is 2.16 bits per heavy atom. The molecule has 4 nitrogen and oxygen atoms in total. The molecule has 19 heavy (non-hydrogen) atoms. The zero-order chi connectivity index (χ0) is 13.7. The molecule has 0 saturated carbocycles. The summed E-state index contributed by atoms with van der Waals surface area (Å²) >= 11 is 0. The maximum Gasteiger partial charge on any atom is 0.128 e. The Hall–Kier alpha value is -1.13. The highest BCUT2D eigenvalue weighted by Gasteiger charge is 2.18. The van der Waals surface area contributed by atoms with Crippen molar-refractivity contribution in [3.63, 3.8) is 0 Å². The molecular formula is C15H25N3O. The summed E-state index contributed by atoms with van der Waals surface area (Å²) < 4.78 is 0. The summed E-state index contributed by atoms with van der Waals surface area (Å²) in [5.74, 6) is 1.03. The van der Waals surface area contributed by atoms with E-state index >= 15 is 0 Å². The molecule has 0 bridgehead atoms. The van der Waals surface area contributed by atoms with Gasteiger partial charge >= 0.3 is 0 Å². The van der Waals surface area contributed by atoms with E-state index < -0.39 is 0 Å². The van der Waals surface area contributed by atoms with Gasteiger partial charge in [0.2, 0.25) is 0 Å². The molecular weight excluding hydrogens is 238 g/mol. The average molecular weight is 263 g/mol. The molecule has 2 N–H and O–H groups in total. The number of piperidine rings is 1. The summed E-state index contributed by atoms with van der Waals surface area (Å²) in [4.78, 5) is 6.81. The van der Waals surface area contributed by atoms with Crippen LogP contribution in [0.5, 0.6) is 0 Å². The molecule has 1 unspecified atom stereocenters. The second-order valence-corrected chi connectivity index (χ2v) is 5.34. The van der Waals surface area contributed by atoms with Crippen molar-refractivity contribution in [2.45, 2.75) is 45.3 Å².